The maximum atomic E-state index is 5.90. The Morgan fingerprint density at radius 3 is 2.79 bits per heavy atom. The second kappa shape index (κ2) is 5.69. The van der Waals surface area contributed by atoms with Crippen LogP contribution < -0.4 is 11.1 Å². The highest BCUT2D eigenvalue weighted by Crippen LogP contribution is 2.23. The quantitative estimate of drug-likeness (QED) is 0.859. The topological polar surface area (TPSA) is 89.9 Å². The van der Waals surface area contributed by atoms with Gasteiger partial charge in [-0.25, -0.2) is 15.0 Å². The van der Waals surface area contributed by atoms with Gasteiger partial charge in [-0.2, -0.15) is 0 Å². The molecule has 0 aromatic carbocycles. The van der Waals surface area contributed by atoms with E-state index in [0.717, 1.165) is 30.0 Å². The highest BCUT2D eigenvalue weighted by Gasteiger charge is 2.15. The number of nitrogens with zero attached hydrogens (tertiary/aromatic N) is 3. The van der Waals surface area contributed by atoms with E-state index in [9.17, 15) is 0 Å². The number of aryl methyl sites for hydroxylation is 1. The highest BCUT2D eigenvalue weighted by molar-refractivity contribution is 5.55. The lowest BCUT2D eigenvalue weighted by molar-refractivity contribution is 0.453. The van der Waals surface area contributed by atoms with E-state index in [1.165, 1.54) is 6.33 Å². The zero-order valence-electron chi connectivity index (χ0n) is 11.5. The summed E-state index contributed by atoms with van der Waals surface area (Å²) < 4.78 is 5.50. The van der Waals surface area contributed by atoms with Crippen LogP contribution in [0.15, 0.2) is 16.9 Å². The molecular formula is C13H19N5O. The minimum absolute atomic E-state index is 0.0707. The summed E-state index contributed by atoms with van der Waals surface area (Å²) in [5, 5.41) is 3.28. The van der Waals surface area contributed by atoms with Gasteiger partial charge < -0.3 is 15.5 Å². The molecule has 102 valence electrons. The second-order valence-electron chi connectivity index (χ2n) is 4.51. The van der Waals surface area contributed by atoms with Crippen molar-refractivity contribution in [2.24, 2.45) is 0 Å². The second-order valence-corrected chi connectivity index (χ2v) is 4.51. The summed E-state index contributed by atoms with van der Waals surface area (Å²) in [5.41, 5.74) is 6.84. The van der Waals surface area contributed by atoms with E-state index >= 15 is 0 Å². The lowest BCUT2D eigenvalue weighted by Crippen LogP contribution is -2.12. The van der Waals surface area contributed by atoms with Crippen LogP contribution in [0.1, 0.15) is 43.5 Å². The summed E-state index contributed by atoms with van der Waals surface area (Å²) >= 11 is 0. The Labute approximate surface area is 112 Å². The van der Waals surface area contributed by atoms with Crippen molar-refractivity contribution < 1.29 is 4.42 Å². The Morgan fingerprint density at radius 1 is 1.37 bits per heavy atom. The molecule has 0 radical (unpaired) electrons. The van der Waals surface area contributed by atoms with Gasteiger partial charge in [-0.3, -0.25) is 0 Å². The molecule has 6 heteroatoms. The molecule has 3 N–H and O–H groups in total. The van der Waals surface area contributed by atoms with E-state index in [1.54, 1.807) is 6.20 Å². The summed E-state index contributed by atoms with van der Waals surface area (Å²) in [7, 11) is 0. The largest absolute Gasteiger partial charge is 0.444 e. The van der Waals surface area contributed by atoms with Crippen LogP contribution in [0.25, 0.3) is 0 Å². The van der Waals surface area contributed by atoms with Crippen LogP contribution in [-0.2, 0) is 6.42 Å². The first-order valence-electron chi connectivity index (χ1n) is 6.40. The van der Waals surface area contributed by atoms with Crippen molar-refractivity contribution in [2.75, 3.05) is 11.1 Å². The van der Waals surface area contributed by atoms with Crippen molar-refractivity contribution in [3.8, 4) is 0 Å². The monoisotopic (exact) mass is 261 g/mol. The van der Waals surface area contributed by atoms with Crippen molar-refractivity contribution in [1.82, 2.24) is 15.0 Å². The fourth-order valence-corrected chi connectivity index (χ4v) is 1.89. The van der Waals surface area contributed by atoms with E-state index in [4.69, 9.17) is 10.2 Å². The van der Waals surface area contributed by atoms with E-state index in [2.05, 4.69) is 27.2 Å². The van der Waals surface area contributed by atoms with Gasteiger partial charge in [0.2, 0.25) is 5.89 Å². The van der Waals surface area contributed by atoms with Crippen molar-refractivity contribution >= 4 is 11.6 Å². The summed E-state index contributed by atoms with van der Waals surface area (Å²) in [6, 6.07) is -0.0707. The van der Waals surface area contributed by atoms with E-state index in [-0.39, 0.29) is 6.04 Å². The molecule has 2 aromatic rings. The van der Waals surface area contributed by atoms with Gasteiger partial charge in [-0.1, -0.05) is 13.3 Å². The Balaban J connectivity index is 2.21. The molecule has 1 unspecified atom stereocenters. The van der Waals surface area contributed by atoms with Crippen molar-refractivity contribution in [2.45, 2.75) is 39.7 Å². The number of nitrogens with one attached hydrogen (secondary N) is 1. The summed E-state index contributed by atoms with van der Waals surface area (Å²) in [6.07, 6.45) is 4.99. The number of anilines is 2. The molecule has 0 aliphatic rings. The van der Waals surface area contributed by atoms with Crippen molar-refractivity contribution in [1.29, 1.82) is 0 Å². The zero-order chi connectivity index (χ0) is 13.8. The average molecular weight is 261 g/mol. The predicted octanol–water partition coefficient (Wildman–Crippen LogP) is 2.48. The molecule has 2 aromatic heterocycles. The van der Waals surface area contributed by atoms with Gasteiger partial charge in [0.25, 0.3) is 0 Å². The summed E-state index contributed by atoms with van der Waals surface area (Å²) in [4.78, 5) is 12.5. The molecule has 2 rings (SSSR count). The van der Waals surface area contributed by atoms with Crippen LogP contribution in [0.5, 0.6) is 0 Å². The molecule has 0 saturated heterocycles. The normalized spacial score (nSPS) is 12.4. The zero-order valence-corrected chi connectivity index (χ0v) is 11.5. The Bertz CT molecular complexity index is 552. The lowest BCUT2D eigenvalue weighted by atomic mass is 10.1. The minimum Gasteiger partial charge on any atom is -0.444 e. The molecule has 2 heterocycles. The van der Waals surface area contributed by atoms with E-state index < -0.39 is 0 Å². The maximum absolute atomic E-state index is 5.90. The highest BCUT2D eigenvalue weighted by atomic mass is 16.4. The third-order valence-electron chi connectivity index (χ3n) is 2.84. The predicted molar refractivity (Wildman–Crippen MR) is 73.7 cm³/mol. The van der Waals surface area contributed by atoms with Crippen molar-refractivity contribution in [3.05, 3.63) is 29.7 Å². The first-order chi connectivity index (χ1) is 9.11. The fraction of sp³-hybridized carbons (Fsp3) is 0.462. The Hall–Kier alpha value is -2.11. The van der Waals surface area contributed by atoms with Gasteiger partial charge in [0.15, 0.2) is 0 Å². The number of oxazole rings is 1. The van der Waals surface area contributed by atoms with Crippen LogP contribution in [0, 0.1) is 6.92 Å². The maximum Gasteiger partial charge on any atom is 0.216 e. The van der Waals surface area contributed by atoms with Gasteiger partial charge in [-0.05, 0) is 20.3 Å². The number of hydrogen-bond donors (Lipinski definition) is 2. The molecule has 0 bridgehead atoms. The molecule has 0 amide bonds. The standard InChI is InChI=1S/C13H19N5O/c1-4-5-10-11(14)16-7-17-12(10)18-9(3)13-15-6-8(2)19-13/h6-7,9H,4-5H2,1-3H3,(H3,14,16,17,18). The molecule has 6 nitrogen and oxygen atoms in total. The van der Waals surface area contributed by atoms with Crippen LogP contribution >= 0.6 is 0 Å². The van der Waals surface area contributed by atoms with E-state index in [1.807, 2.05) is 13.8 Å². The first kappa shape index (κ1) is 13.3. The van der Waals surface area contributed by atoms with Crippen LogP contribution in [0.3, 0.4) is 0 Å². The minimum atomic E-state index is -0.0707. The van der Waals surface area contributed by atoms with Gasteiger partial charge in [0.05, 0.1) is 6.20 Å². The third-order valence-corrected chi connectivity index (χ3v) is 2.84. The molecular weight excluding hydrogens is 242 g/mol. The number of aromatic nitrogens is 3. The Morgan fingerprint density at radius 2 is 2.16 bits per heavy atom. The van der Waals surface area contributed by atoms with Gasteiger partial charge in [0.1, 0.15) is 29.8 Å². The molecule has 0 aliphatic carbocycles. The van der Waals surface area contributed by atoms with Crippen molar-refractivity contribution in [3.63, 3.8) is 0 Å². The first-order valence-corrected chi connectivity index (χ1v) is 6.40. The number of nitrogens with two attached hydrogens (primary N) is 1. The molecule has 0 fully saturated rings. The third kappa shape index (κ3) is 3.01. The van der Waals surface area contributed by atoms with Gasteiger partial charge >= 0.3 is 0 Å². The average Bonchev–Trinajstić information content (AvgIpc) is 2.80. The lowest BCUT2D eigenvalue weighted by Gasteiger charge is -2.15. The number of hydrogen-bond acceptors (Lipinski definition) is 6. The molecule has 19 heavy (non-hydrogen) atoms. The van der Waals surface area contributed by atoms with Crippen LogP contribution in [-0.4, -0.2) is 15.0 Å². The smallest absolute Gasteiger partial charge is 0.216 e. The summed E-state index contributed by atoms with van der Waals surface area (Å²) in [5.74, 6) is 2.70. The molecule has 1 atom stereocenters. The molecule has 0 saturated carbocycles. The van der Waals surface area contributed by atoms with E-state index in [0.29, 0.717) is 11.7 Å². The molecule has 0 spiro atoms. The van der Waals surface area contributed by atoms with Crippen LogP contribution in [0.2, 0.25) is 0 Å². The Kier molecular flexibility index (Phi) is 3.99. The van der Waals surface area contributed by atoms with Gasteiger partial charge in [-0.15, -0.1) is 0 Å². The number of nitrogen functional groups attached to an aromatic ring is 1. The summed E-state index contributed by atoms with van der Waals surface area (Å²) in [6.45, 7) is 5.94. The number of rotatable bonds is 5. The van der Waals surface area contributed by atoms with Gasteiger partial charge in [0, 0.05) is 5.56 Å². The molecule has 0 aliphatic heterocycles. The van der Waals surface area contributed by atoms with Crippen LogP contribution in [0.4, 0.5) is 11.6 Å². The fourth-order valence-electron chi connectivity index (χ4n) is 1.89. The SMILES string of the molecule is CCCc1c(N)ncnc1NC(C)c1ncc(C)o1.